The molecule has 0 atom stereocenters. The summed E-state index contributed by atoms with van der Waals surface area (Å²) in [7, 11) is 1.27. The highest BCUT2D eigenvalue weighted by molar-refractivity contribution is 7.18. The summed E-state index contributed by atoms with van der Waals surface area (Å²) in [6, 6.07) is 5.59. The number of halogens is 1. The van der Waals surface area contributed by atoms with Crippen molar-refractivity contribution in [1.29, 1.82) is 0 Å². The van der Waals surface area contributed by atoms with Gasteiger partial charge >= 0.3 is 5.97 Å². The number of aryl methyl sites for hydroxylation is 1. The van der Waals surface area contributed by atoms with Gasteiger partial charge in [0, 0.05) is 24.3 Å². The molecule has 2 aromatic heterocycles. The largest absolute Gasteiger partial charge is 0.465 e. The number of carbonyl (C=O) groups excluding carboxylic acids is 2. The first-order chi connectivity index (χ1) is 15.4. The number of aliphatic hydroxyl groups excluding tert-OH is 1. The minimum atomic E-state index is -0.621. The van der Waals surface area contributed by atoms with Crippen molar-refractivity contribution in [3.63, 3.8) is 0 Å². The first-order valence-corrected chi connectivity index (χ1v) is 11.3. The molecule has 3 aromatic rings. The molecule has 1 aromatic carbocycles. The summed E-state index contributed by atoms with van der Waals surface area (Å²) in [5.74, 6) is -1.12. The number of anilines is 1. The summed E-state index contributed by atoms with van der Waals surface area (Å²) in [5.41, 5.74) is 1.39. The van der Waals surface area contributed by atoms with Crippen LogP contribution in [0.1, 0.15) is 63.1 Å². The van der Waals surface area contributed by atoms with Gasteiger partial charge in [-0.25, -0.2) is 19.2 Å². The van der Waals surface area contributed by atoms with Gasteiger partial charge < -0.3 is 15.2 Å². The van der Waals surface area contributed by atoms with Crippen molar-refractivity contribution in [2.75, 3.05) is 19.0 Å². The minimum Gasteiger partial charge on any atom is -0.465 e. The topological polar surface area (TPSA) is 101 Å². The zero-order chi connectivity index (χ0) is 22.8. The number of thiazole rings is 1. The maximum absolute atomic E-state index is 13.7. The van der Waals surface area contributed by atoms with Gasteiger partial charge in [-0.3, -0.25) is 4.79 Å². The molecule has 168 valence electrons. The van der Waals surface area contributed by atoms with Crippen molar-refractivity contribution in [3.05, 3.63) is 52.0 Å². The van der Waals surface area contributed by atoms with Crippen molar-refractivity contribution in [3.8, 4) is 0 Å². The van der Waals surface area contributed by atoms with Crippen LogP contribution in [0.3, 0.4) is 0 Å². The van der Waals surface area contributed by atoms with E-state index in [9.17, 15) is 19.1 Å². The molecule has 1 aliphatic rings. The van der Waals surface area contributed by atoms with Crippen molar-refractivity contribution in [2.24, 2.45) is 5.92 Å². The molecule has 7 nitrogen and oxygen atoms in total. The number of aromatic nitrogens is 2. The van der Waals surface area contributed by atoms with Gasteiger partial charge in [0.05, 0.1) is 33.6 Å². The molecule has 1 aliphatic carbocycles. The van der Waals surface area contributed by atoms with Gasteiger partial charge in [0.25, 0.3) is 5.91 Å². The molecular weight excluding hydrogens is 433 g/mol. The fourth-order valence-electron chi connectivity index (χ4n) is 4.07. The highest BCUT2D eigenvalue weighted by atomic mass is 32.1. The molecule has 32 heavy (non-hydrogen) atoms. The fourth-order valence-corrected chi connectivity index (χ4v) is 5.23. The number of carbonyl (C=O) groups is 2. The van der Waals surface area contributed by atoms with E-state index < -0.39 is 17.7 Å². The van der Waals surface area contributed by atoms with Crippen LogP contribution in [0.4, 0.5) is 10.1 Å². The Hall–Kier alpha value is -2.91. The van der Waals surface area contributed by atoms with Crippen LogP contribution in [0.15, 0.2) is 24.3 Å². The van der Waals surface area contributed by atoms with Crippen molar-refractivity contribution in [2.45, 2.75) is 38.5 Å². The van der Waals surface area contributed by atoms with Gasteiger partial charge in [0.2, 0.25) is 0 Å². The summed E-state index contributed by atoms with van der Waals surface area (Å²) in [5, 5.41) is 13.0. The molecule has 1 fully saturated rings. The molecule has 0 spiro atoms. The van der Waals surface area contributed by atoms with E-state index >= 15 is 0 Å². The monoisotopic (exact) mass is 457 g/mol. The van der Waals surface area contributed by atoms with Gasteiger partial charge in [-0.15, -0.1) is 11.3 Å². The summed E-state index contributed by atoms with van der Waals surface area (Å²) >= 11 is 1.53. The third kappa shape index (κ3) is 4.63. The smallest absolute Gasteiger partial charge is 0.340 e. The molecule has 2 N–H and O–H groups in total. The number of fused-ring (bicyclic) bond motifs is 1. The summed E-state index contributed by atoms with van der Waals surface area (Å²) in [6.07, 6.45) is 3.85. The number of hydrogen-bond donors (Lipinski definition) is 2. The fraction of sp³-hybridized carbons (Fsp3) is 0.391. The molecule has 1 saturated carbocycles. The van der Waals surface area contributed by atoms with Crippen LogP contribution in [-0.2, 0) is 4.74 Å². The Balaban J connectivity index is 1.66. The Kier molecular flexibility index (Phi) is 6.48. The molecule has 0 radical (unpaired) electrons. The lowest BCUT2D eigenvalue weighted by atomic mass is 9.83. The van der Waals surface area contributed by atoms with Crippen molar-refractivity contribution < 1.29 is 23.8 Å². The van der Waals surface area contributed by atoms with E-state index in [1.165, 1.54) is 24.5 Å². The van der Waals surface area contributed by atoms with E-state index in [4.69, 9.17) is 9.72 Å². The third-order valence-electron chi connectivity index (χ3n) is 5.80. The second-order valence-electron chi connectivity index (χ2n) is 8.08. The number of aliphatic hydroxyl groups is 1. The molecule has 2 heterocycles. The number of benzene rings is 1. The maximum atomic E-state index is 13.7. The van der Waals surface area contributed by atoms with Crippen LogP contribution in [-0.4, -0.2) is 40.7 Å². The zero-order valence-corrected chi connectivity index (χ0v) is 18.7. The normalized spacial score (nSPS) is 18.5. The second-order valence-corrected chi connectivity index (χ2v) is 9.14. The third-order valence-corrected chi connectivity index (χ3v) is 6.98. The minimum absolute atomic E-state index is 0.0796. The predicted octanol–water partition coefficient (Wildman–Crippen LogP) is 4.44. The highest BCUT2D eigenvalue weighted by Gasteiger charge is 2.25. The molecule has 4 rings (SSSR count). The Morgan fingerprint density at radius 1 is 1.19 bits per heavy atom. The number of amides is 1. The molecular formula is C23H24FN3O4S. The average molecular weight is 458 g/mol. The van der Waals surface area contributed by atoms with E-state index in [0.717, 1.165) is 41.5 Å². The Morgan fingerprint density at radius 3 is 2.59 bits per heavy atom. The van der Waals surface area contributed by atoms with Crippen LogP contribution in [0.25, 0.3) is 10.2 Å². The van der Waals surface area contributed by atoms with Crippen molar-refractivity contribution in [1.82, 2.24) is 9.97 Å². The van der Waals surface area contributed by atoms with Gasteiger partial charge in [-0.05, 0) is 56.7 Å². The quantitative estimate of drug-likeness (QED) is 0.549. The van der Waals surface area contributed by atoms with Gasteiger partial charge in [0.15, 0.2) is 0 Å². The van der Waals surface area contributed by atoms with E-state index in [0.29, 0.717) is 23.0 Å². The molecule has 0 unspecified atom stereocenters. The molecule has 0 aliphatic heterocycles. The summed E-state index contributed by atoms with van der Waals surface area (Å²) < 4.78 is 19.4. The first-order valence-electron chi connectivity index (χ1n) is 10.5. The lowest BCUT2D eigenvalue weighted by Crippen LogP contribution is -2.17. The number of hydrogen-bond acceptors (Lipinski definition) is 7. The highest BCUT2D eigenvalue weighted by Crippen LogP contribution is 2.40. The van der Waals surface area contributed by atoms with Gasteiger partial charge in [-0.2, -0.15) is 0 Å². The summed E-state index contributed by atoms with van der Waals surface area (Å²) in [4.78, 5) is 33.9. The number of pyridine rings is 1. The molecule has 9 heteroatoms. The number of ether oxygens (including phenoxy) is 1. The Labute approximate surface area is 188 Å². The second kappa shape index (κ2) is 9.30. The van der Waals surface area contributed by atoms with Gasteiger partial charge in [0.1, 0.15) is 11.5 Å². The first kappa shape index (κ1) is 22.3. The number of methoxy groups -OCH3 is 1. The maximum Gasteiger partial charge on any atom is 0.340 e. The Bertz CT molecular complexity index is 1150. The van der Waals surface area contributed by atoms with Crippen LogP contribution >= 0.6 is 11.3 Å². The Morgan fingerprint density at radius 2 is 1.94 bits per heavy atom. The average Bonchev–Trinajstić information content (AvgIpc) is 3.20. The van der Waals surface area contributed by atoms with Crippen LogP contribution in [0.5, 0.6) is 0 Å². The van der Waals surface area contributed by atoms with Crippen LogP contribution < -0.4 is 5.32 Å². The molecule has 0 bridgehead atoms. The van der Waals surface area contributed by atoms with E-state index in [1.54, 1.807) is 19.1 Å². The van der Waals surface area contributed by atoms with E-state index in [2.05, 4.69) is 10.3 Å². The van der Waals surface area contributed by atoms with E-state index in [-0.39, 0.29) is 23.6 Å². The SMILES string of the molecule is COC(=O)c1cc2nc(C3CCC(CO)CC3)sc2cc1NC(=O)c1cc(F)cc(C)n1. The van der Waals surface area contributed by atoms with Crippen molar-refractivity contribution >= 4 is 39.1 Å². The number of esters is 1. The summed E-state index contributed by atoms with van der Waals surface area (Å²) in [6.45, 7) is 1.82. The van der Waals surface area contributed by atoms with Gasteiger partial charge in [-0.1, -0.05) is 0 Å². The lowest BCUT2D eigenvalue weighted by Gasteiger charge is -2.25. The lowest BCUT2D eigenvalue weighted by molar-refractivity contribution is 0.0602. The number of nitrogens with zero attached hydrogens (tertiary/aromatic N) is 2. The molecule has 1 amide bonds. The standard InChI is InChI=1S/C23H24FN3O4S/c1-12-7-15(24)8-19(25-12)21(29)26-17-10-20-18(9-16(17)23(30)31-2)27-22(32-20)14-5-3-13(11-28)4-6-14/h7-10,13-14,28H,3-6,11H2,1-2H3,(H,26,29). The molecule has 0 saturated heterocycles. The number of nitrogens with one attached hydrogen (secondary N) is 1. The predicted molar refractivity (Wildman–Crippen MR) is 120 cm³/mol. The van der Waals surface area contributed by atoms with E-state index in [1.807, 2.05) is 0 Å². The zero-order valence-electron chi connectivity index (χ0n) is 17.9. The van der Waals surface area contributed by atoms with Crippen LogP contribution in [0, 0.1) is 18.7 Å². The number of rotatable bonds is 5. The van der Waals surface area contributed by atoms with Crippen LogP contribution in [0.2, 0.25) is 0 Å².